The summed E-state index contributed by atoms with van der Waals surface area (Å²) in [5.74, 6) is 0.547. The summed E-state index contributed by atoms with van der Waals surface area (Å²) in [4.78, 5) is 23.7. The quantitative estimate of drug-likeness (QED) is 0.857. The van der Waals surface area contributed by atoms with Gasteiger partial charge in [-0.1, -0.05) is 38.1 Å². The molecule has 24 heavy (non-hydrogen) atoms. The molecular weight excluding hydrogens is 304 g/mol. The van der Waals surface area contributed by atoms with Crippen molar-refractivity contribution in [2.75, 3.05) is 19.0 Å². The van der Waals surface area contributed by atoms with Crippen molar-refractivity contribution in [3.05, 3.63) is 59.7 Å². The first kappa shape index (κ1) is 17.5. The summed E-state index contributed by atoms with van der Waals surface area (Å²) in [6, 6.07) is 14.4. The van der Waals surface area contributed by atoms with Crippen LogP contribution in [0.25, 0.3) is 0 Å². The molecule has 0 unspecified atom stereocenters. The molecule has 2 aromatic rings. The third-order valence-electron chi connectivity index (χ3n) is 3.54. The zero-order valence-corrected chi connectivity index (χ0v) is 14.1. The molecule has 0 radical (unpaired) electrons. The van der Waals surface area contributed by atoms with Crippen LogP contribution in [0, 0.1) is 0 Å². The van der Waals surface area contributed by atoms with Crippen LogP contribution in [0.3, 0.4) is 0 Å². The van der Waals surface area contributed by atoms with Gasteiger partial charge in [0.1, 0.15) is 5.75 Å². The molecule has 2 amide bonds. The summed E-state index contributed by atoms with van der Waals surface area (Å²) in [5.41, 5.74) is 2.11. The third kappa shape index (κ3) is 4.59. The van der Waals surface area contributed by atoms with E-state index in [-0.39, 0.29) is 18.4 Å². The van der Waals surface area contributed by atoms with E-state index in [1.165, 1.54) is 0 Å². The van der Waals surface area contributed by atoms with Gasteiger partial charge < -0.3 is 15.4 Å². The number of anilines is 1. The molecule has 2 N–H and O–H groups in total. The van der Waals surface area contributed by atoms with Gasteiger partial charge in [0.15, 0.2) is 6.61 Å². The number of carbonyl (C=O) groups is 2. The molecule has 0 aliphatic heterocycles. The van der Waals surface area contributed by atoms with E-state index in [2.05, 4.69) is 24.5 Å². The van der Waals surface area contributed by atoms with E-state index in [1.807, 2.05) is 24.3 Å². The molecule has 5 heteroatoms. The van der Waals surface area contributed by atoms with Crippen molar-refractivity contribution in [2.24, 2.45) is 0 Å². The molecule has 0 aliphatic rings. The minimum Gasteiger partial charge on any atom is -0.483 e. The lowest BCUT2D eigenvalue weighted by molar-refractivity contribution is -0.118. The number of hydrogen-bond donors (Lipinski definition) is 2. The van der Waals surface area contributed by atoms with Crippen LogP contribution in [-0.4, -0.2) is 25.5 Å². The molecule has 0 saturated carbocycles. The van der Waals surface area contributed by atoms with Gasteiger partial charge in [-0.2, -0.15) is 0 Å². The molecule has 0 aromatic heterocycles. The van der Waals surface area contributed by atoms with Crippen molar-refractivity contribution >= 4 is 17.5 Å². The Hall–Kier alpha value is -2.82. The van der Waals surface area contributed by atoms with Crippen LogP contribution in [0.1, 0.15) is 35.7 Å². The molecule has 0 spiro atoms. The highest BCUT2D eigenvalue weighted by atomic mass is 16.5. The summed E-state index contributed by atoms with van der Waals surface area (Å²) >= 11 is 0. The van der Waals surface area contributed by atoms with Crippen LogP contribution in [0.2, 0.25) is 0 Å². The molecule has 0 heterocycles. The van der Waals surface area contributed by atoms with Gasteiger partial charge in [-0.3, -0.25) is 9.59 Å². The number of rotatable bonds is 6. The molecule has 0 aliphatic carbocycles. The molecule has 2 rings (SSSR count). The Balaban J connectivity index is 1.98. The van der Waals surface area contributed by atoms with Crippen LogP contribution in [-0.2, 0) is 4.79 Å². The zero-order valence-electron chi connectivity index (χ0n) is 14.1. The van der Waals surface area contributed by atoms with Crippen LogP contribution in [0.5, 0.6) is 5.75 Å². The average molecular weight is 326 g/mol. The van der Waals surface area contributed by atoms with E-state index in [1.54, 1.807) is 31.3 Å². The fourth-order valence-electron chi connectivity index (χ4n) is 2.31. The number of para-hydroxylation sites is 1. The van der Waals surface area contributed by atoms with E-state index >= 15 is 0 Å². The lowest BCUT2D eigenvalue weighted by Crippen LogP contribution is -2.21. The molecule has 0 saturated heterocycles. The van der Waals surface area contributed by atoms with Crippen molar-refractivity contribution in [2.45, 2.75) is 19.8 Å². The Bertz CT molecular complexity index is 726. The van der Waals surface area contributed by atoms with Gasteiger partial charge >= 0.3 is 0 Å². The van der Waals surface area contributed by atoms with Gasteiger partial charge in [-0.25, -0.2) is 0 Å². The van der Waals surface area contributed by atoms with Crippen LogP contribution >= 0.6 is 0 Å². The first-order valence-electron chi connectivity index (χ1n) is 7.85. The summed E-state index contributed by atoms with van der Waals surface area (Å²) in [7, 11) is 1.56. The smallest absolute Gasteiger partial charge is 0.262 e. The van der Waals surface area contributed by atoms with E-state index in [9.17, 15) is 9.59 Å². The predicted octanol–water partition coefficient (Wildman–Crippen LogP) is 3.19. The molecule has 2 aromatic carbocycles. The summed E-state index contributed by atoms with van der Waals surface area (Å²) < 4.78 is 5.64. The maximum atomic E-state index is 12.1. The van der Waals surface area contributed by atoms with Gasteiger partial charge in [0.2, 0.25) is 0 Å². The monoisotopic (exact) mass is 326 g/mol. The van der Waals surface area contributed by atoms with Crippen LogP contribution in [0.15, 0.2) is 48.5 Å². The van der Waals surface area contributed by atoms with Crippen LogP contribution in [0.4, 0.5) is 5.69 Å². The zero-order chi connectivity index (χ0) is 17.5. The largest absolute Gasteiger partial charge is 0.483 e. The number of hydrogen-bond acceptors (Lipinski definition) is 3. The minimum atomic E-state index is -0.275. The Labute approximate surface area is 142 Å². The summed E-state index contributed by atoms with van der Waals surface area (Å²) in [6.45, 7) is 4.06. The SMILES string of the molecule is CNC(=O)c1cccc(NC(=O)COc2ccccc2C(C)C)c1. The number of carbonyl (C=O) groups excluding carboxylic acids is 2. The number of amides is 2. The Morgan fingerprint density at radius 3 is 2.54 bits per heavy atom. The third-order valence-corrected chi connectivity index (χ3v) is 3.54. The van der Waals surface area contributed by atoms with Crippen molar-refractivity contribution in [1.82, 2.24) is 5.32 Å². The normalized spacial score (nSPS) is 10.3. The second-order valence-electron chi connectivity index (χ2n) is 5.69. The Morgan fingerprint density at radius 1 is 1.08 bits per heavy atom. The Morgan fingerprint density at radius 2 is 1.83 bits per heavy atom. The highest BCUT2D eigenvalue weighted by Crippen LogP contribution is 2.25. The van der Waals surface area contributed by atoms with Gasteiger partial charge in [0.05, 0.1) is 0 Å². The molecule has 0 bridgehead atoms. The van der Waals surface area contributed by atoms with E-state index in [0.29, 0.717) is 22.9 Å². The van der Waals surface area contributed by atoms with Gasteiger partial charge in [-0.05, 0) is 35.7 Å². The maximum absolute atomic E-state index is 12.1. The second-order valence-corrected chi connectivity index (χ2v) is 5.69. The predicted molar refractivity (Wildman–Crippen MR) is 94.5 cm³/mol. The molecular formula is C19H22N2O3. The number of nitrogens with one attached hydrogen (secondary N) is 2. The van der Waals surface area contributed by atoms with Gasteiger partial charge in [0.25, 0.3) is 11.8 Å². The molecule has 126 valence electrons. The van der Waals surface area contributed by atoms with Crippen molar-refractivity contribution in [3.63, 3.8) is 0 Å². The maximum Gasteiger partial charge on any atom is 0.262 e. The second kappa shape index (κ2) is 8.15. The van der Waals surface area contributed by atoms with Crippen molar-refractivity contribution in [1.29, 1.82) is 0 Å². The number of ether oxygens (including phenoxy) is 1. The van der Waals surface area contributed by atoms with Gasteiger partial charge in [-0.15, -0.1) is 0 Å². The Kier molecular flexibility index (Phi) is 5.95. The van der Waals surface area contributed by atoms with E-state index < -0.39 is 0 Å². The fraction of sp³-hybridized carbons (Fsp3) is 0.263. The first-order chi connectivity index (χ1) is 11.5. The fourth-order valence-corrected chi connectivity index (χ4v) is 2.31. The lowest BCUT2D eigenvalue weighted by atomic mass is 10.0. The lowest BCUT2D eigenvalue weighted by Gasteiger charge is -2.14. The minimum absolute atomic E-state index is 0.0894. The molecule has 0 atom stereocenters. The van der Waals surface area contributed by atoms with Crippen molar-refractivity contribution in [3.8, 4) is 5.75 Å². The topological polar surface area (TPSA) is 67.4 Å². The van der Waals surface area contributed by atoms with Gasteiger partial charge in [0, 0.05) is 18.3 Å². The first-order valence-corrected chi connectivity index (χ1v) is 7.85. The van der Waals surface area contributed by atoms with E-state index in [0.717, 1.165) is 5.56 Å². The average Bonchev–Trinajstić information content (AvgIpc) is 2.59. The molecule has 5 nitrogen and oxygen atoms in total. The summed E-state index contributed by atoms with van der Waals surface area (Å²) in [6.07, 6.45) is 0. The number of benzene rings is 2. The standard InChI is InChI=1S/C19H22N2O3/c1-13(2)16-9-4-5-10-17(16)24-12-18(22)21-15-8-6-7-14(11-15)19(23)20-3/h4-11,13H,12H2,1-3H3,(H,20,23)(H,21,22). The van der Waals surface area contributed by atoms with E-state index in [4.69, 9.17) is 4.74 Å². The highest BCUT2D eigenvalue weighted by Gasteiger charge is 2.10. The van der Waals surface area contributed by atoms with Crippen LogP contribution < -0.4 is 15.4 Å². The summed E-state index contributed by atoms with van der Waals surface area (Å²) in [5, 5.41) is 5.29. The molecule has 0 fully saturated rings. The highest BCUT2D eigenvalue weighted by molar-refractivity contribution is 5.97. The van der Waals surface area contributed by atoms with Crippen molar-refractivity contribution < 1.29 is 14.3 Å².